The smallest absolute Gasteiger partial charge is 0.237 e. The number of hydrogen-bond donors (Lipinski definition) is 2. The van der Waals surface area contributed by atoms with Gasteiger partial charge >= 0.3 is 0 Å². The number of nitrogens with one attached hydrogen (secondary N) is 1. The molecule has 0 aromatic heterocycles. The Labute approximate surface area is 142 Å². The zero-order valence-corrected chi connectivity index (χ0v) is 14.6. The molecule has 1 aromatic carbocycles. The number of piperidine rings is 1. The van der Waals surface area contributed by atoms with E-state index in [1.165, 1.54) is 18.2 Å². The Balaban J connectivity index is 1.96. The standard InChI is InChI=1S/C18H27F2N3O/c1-18(2,3)16(21)17(24)22-12-6-5-9-23(10-12)11-13-14(19)7-4-8-15(13)20/h4,7-8,12,16H,5-6,9-11,21H2,1-3H3,(H,22,24)/t12?,16-/m1/s1. The maximum Gasteiger partial charge on any atom is 0.237 e. The van der Waals surface area contributed by atoms with E-state index in [1.807, 2.05) is 25.7 Å². The Hall–Kier alpha value is -1.53. The first kappa shape index (κ1) is 18.8. The summed E-state index contributed by atoms with van der Waals surface area (Å²) in [6.07, 6.45) is 1.71. The molecule has 0 radical (unpaired) electrons. The summed E-state index contributed by atoms with van der Waals surface area (Å²) < 4.78 is 27.6. The Kier molecular flexibility index (Phi) is 5.93. The van der Waals surface area contributed by atoms with E-state index in [-0.39, 0.29) is 29.5 Å². The number of carbonyl (C=O) groups is 1. The van der Waals surface area contributed by atoms with Crippen LogP contribution in [0.15, 0.2) is 18.2 Å². The fraction of sp³-hybridized carbons (Fsp3) is 0.611. The van der Waals surface area contributed by atoms with E-state index < -0.39 is 17.7 Å². The van der Waals surface area contributed by atoms with Gasteiger partial charge in [0.1, 0.15) is 11.6 Å². The molecule has 0 aliphatic carbocycles. The highest BCUT2D eigenvalue weighted by molar-refractivity contribution is 5.82. The van der Waals surface area contributed by atoms with Crippen LogP contribution in [-0.2, 0) is 11.3 Å². The van der Waals surface area contributed by atoms with Crippen LogP contribution in [0.4, 0.5) is 8.78 Å². The van der Waals surface area contributed by atoms with Crippen molar-refractivity contribution in [3.05, 3.63) is 35.4 Å². The highest BCUT2D eigenvalue weighted by Gasteiger charge is 2.30. The summed E-state index contributed by atoms with van der Waals surface area (Å²) in [7, 11) is 0. The van der Waals surface area contributed by atoms with E-state index in [0.717, 1.165) is 19.4 Å². The zero-order valence-electron chi connectivity index (χ0n) is 14.6. The predicted octanol–water partition coefficient (Wildman–Crippen LogP) is 2.42. The summed E-state index contributed by atoms with van der Waals surface area (Å²) in [6.45, 7) is 7.29. The molecule has 2 atom stereocenters. The van der Waals surface area contributed by atoms with Crippen molar-refractivity contribution in [1.29, 1.82) is 0 Å². The minimum atomic E-state index is -0.586. The summed E-state index contributed by atoms with van der Waals surface area (Å²) >= 11 is 0. The highest BCUT2D eigenvalue weighted by Crippen LogP contribution is 2.20. The van der Waals surface area contributed by atoms with Crippen molar-refractivity contribution in [2.75, 3.05) is 13.1 Å². The van der Waals surface area contributed by atoms with Gasteiger partial charge in [-0.3, -0.25) is 9.69 Å². The van der Waals surface area contributed by atoms with E-state index >= 15 is 0 Å². The van der Waals surface area contributed by atoms with Gasteiger partial charge in [-0.1, -0.05) is 26.8 Å². The van der Waals surface area contributed by atoms with Gasteiger partial charge in [-0.2, -0.15) is 0 Å². The van der Waals surface area contributed by atoms with Gasteiger partial charge in [0, 0.05) is 24.7 Å². The molecule has 6 heteroatoms. The minimum Gasteiger partial charge on any atom is -0.351 e. The molecule has 24 heavy (non-hydrogen) atoms. The first-order valence-corrected chi connectivity index (χ1v) is 8.39. The molecule has 134 valence electrons. The van der Waals surface area contributed by atoms with Crippen LogP contribution in [0, 0.1) is 17.0 Å². The lowest BCUT2D eigenvalue weighted by Gasteiger charge is -2.35. The lowest BCUT2D eigenvalue weighted by molar-refractivity contribution is -0.125. The SMILES string of the molecule is CC(C)(C)[C@H](N)C(=O)NC1CCCN(Cc2c(F)cccc2F)C1. The molecule has 1 unspecified atom stereocenters. The van der Waals surface area contributed by atoms with E-state index in [0.29, 0.717) is 6.54 Å². The summed E-state index contributed by atoms with van der Waals surface area (Å²) in [5.74, 6) is -1.24. The van der Waals surface area contributed by atoms with Gasteiger partial charge < -0.3 is 11.1 Å². The third kappa shape index (κ3) is 4.74. The van der Waals surface area contributed by atoms with Gasteiger partial charge in [-0.15, -0.1) is 0 Å². The van der Waals surface area contributed by atoms with Crippen molar-refractivity contribution in [1.82, 2.24) is 10.2 Å². The van der Waals surface area contributed by atoms with Crippen molar-refractivity contribution in [2.45, 2.75) is 52.2 Å². The first-order valence-electron chi connectivity index (χ1n) is 8.39. The molecule has 1 heterocycles. The summed E-state index contributed by atoms with van der Waals surface area (Å²) in [5.41, 5.74) is 5.75. The minimum absolute atomic E-state index is 0.0468. The average molecular weight is 339 g/mol. The third-order valence-electron chi connectivity index (χ3n) is 4.51. The van der Waals surface area contributed by atoms with Gasteiger partial charge in [-0.05, 0) is 36.9 Å². The number of nitrogens with two attached hydrogens (primary N) is 1. The molecule has 0 saturated carbocycles. The molecule has 4 nitrogen and oxygen atoms in total. The quantitative estimate of drug-likeness (QED) is 0.886. The van der Waals surface area contributed by atoms with Crippen LogP contribution in [-0.4, -0.2) is 36.0 Å². The second-order valence-corrected chi connectivity index (χ2v) is 7.63. The van der Waals surface area contributed by atoms with Crippen molar-refractivity contribution in [3.63, 3.8) is 0 Å². The number of hydrogen-bond acceptors (Lipinski definition) is 3. The zero-order chi connectivity index (χ0) is 17.9. The molecule has 1 aromatic rings. The lowest BCUT2D eigenvalue weighted by Crippen LogP contribution is -2.55. The molecule has 1 fully saturated rings. The fourth-order valence-corrected chi connectivity index (χ4v) is 2.91. The van der Waals surface area contributed by atoms with Crippen molar-refractivity contribution in [2.24, 2.45) is 11.1 Å². The van der Waals surface area contributed by atoms with Crippen LogP contribution >= 0.6 is 0 Å². The van der Waals surface area contributed by atoms with E-state index in [4.69, 9.17) is 5.73 Å². The number of likely N-dealkylation sites (tertiary alicyclic amines) is 1. The molecular formula is C18H27F2N3O. The topological polar surface area (TPSA) is 58.4 Å². The van der Waals surface area contributed by atoms with Crippen LogP contribution in [0.25, 0.3) is 0 Å². The van der Waals surface area contributed by atoms with E-state index in [2.05, 4.69) is 5.32 Å². The van der Waals surface area contributed by atoms with E-state index in [9.17, 15) is 13.6 Å². The van der Waals surface area contributed by atoms with Gasteiger partial charge in [0.25, 0.3) is 0 Å². The number of carbonyl (C=O) groups excluding carboxylic acids is 1. The number of benzene rings is 1. The van der Waals surface area contributed by atoms with Crippen LogP contribution in [0.2, 0.25) is 0 Å². The Morgan fingerprint density at radius 2 is 2.00 bits per heavy atom. The number of amides is 1. The summed E-state index contributed by atoms with van der Waals surface area (Å²) in [6, 6.07) is 3.27. The largest absolute Gasteiger partial charge is 0.351 e. The van der Waals surface area contributed by atoms with Crippen molar-refractivity contribution < 1.29 is 13.6 Å². The second-order valence-electron chi connectivity index (χ2n) is 7.63. The monoisotopic (exact) mass is 339 g/mol. The van der Waals surface area contributed by atoms with Gasteiger partial charge in [0.2, 0.25) is 5.91 Å². The van der Waals surface area contributed by atoms with Crippen molar-refractivity contribution >= 4 is 5.91 Å². The maximum absolute atomic E-state index is 13.8. The molecule has 3 N–H and O–H groups in total. The first-order chi connectivity index (χ1) is 11.2. The molecule has 0 bridgehead atoms. The van der Waals surface area contributed by atoms with Crippen LogP contribution in [0.3, 0.4) is 0 Å². The summed E-state index contributed by atoms with van der Waals surface area (Å²) in [4.78, 5) is 14.2. The number of halogens is 2. The van der Waals surface area contributed by atoms with Crippen molar-refractivity contribution in [3.8, 4) is 0 Å². The predicted molar refractivity (Wildman–Crippen MR) is 90.2 cm³/mol. The molecular weight excluding hydrogens is 312 g/mol. The number of rotatable bonds is 4. The second kappa shape index (κ2) is 7.57. The summed E-state index contributed by atoms with van der Waals surface area (Å²) in [5, 5.41) is 2.98. The third-order valence-corrected chi connectivity index (χ3v) is 4.51. The Bertz CT molecular complexity index is 566. The molecule has 0 spiro atoms. The molecule has 1 saturated heterocycles. The lowest BCUT2D eigenvalue weighted by atomic mass is 9.86. The van der Waals surface area contributed by atoms with Gasteiger partial charge in [0.05, 0.1) is 6.04 Å². The van der Waals surface area contributed by atoms with Crippen LogP contribution in [0.5, 0.6) is 0 Å². The highest BCUT2D eigenvalue weighted by atomic mass is 19.1. The average Bonchev–Trinajstić information content (AvgIpc) is 2.50. The van der Waals surface area contributed by atoms with Crippen LogP contribution in [0.1, 0.15) is 39.2 Å². The molecule has 2 rings (SSSR count). The number of nitrogens with zero attached hydrogens (tertiary/aromatic N) is 1. The van der Waals surface area contributed by atoms with E-state index in [1.54, 1.807) is 0 Å². The van der Waals surface area contributed by atoms with Gasteiger partial charge in [-0.25, -0.2) is 8.78 Å². The maximum atomic E-state index is 13.8. The molecule has 1 amide bonds. The fourth-order valence-electron chi connectivity index (χ4n) is 2.91. The molecule has 1 aliphatic heterocycles. The normalized spacial score (nSPS) is 20.7. The molecule has 1 aliphatic rings. The van der Waals surface area contributed by atoms with Gasteiger partial charge in [0.15, 0.2) is 0 Å². The Morgan fingerprint density at radius 3 is 2.58 bits per heavy atom. The Morgan fingerprint density at radius 1 is 1.38 bits per heavy atom. The van der Waals surface area contributed by atoms with Crippen LogP contribution < -0.4 is 11.1 Å².